The fourth-order valence-corrected chi connectivity index (χ4v) is 4.51. The number of epoxide rings is 1. The highest BCUT2D eigenvalue weighted by atomic mass is 28.4. The minimum Gasteiger partial charge on any atom is -0.393 e. The van der Waals surface area contributed by atoms with Gasteiger partial charge in [0.25, 0.3) is 0 Å². The molecule has 0 amide bonds. The van der Waals surface area contributed by atoms with Gasteiger partial charge in [-0.05, 0) is 20.8 Å². The number of hydrogen-bond acceptors (Lipinski definition) is 5. The van der Waals surface area contributed by atoms with Gasteiger partial charge in [0.15, 0.2) is 0 Å². The van der Waals surface area contributed by atoms with Crippen LogP contribution in [0.5, 0.6) is 0 Å². The fourth-order valence-electron chi connectivity index (χ4n) is 1.84. The normalized spacial score (nSPS) is 21.5. The van der Waals surface area contributed by atoms with Gasteiger partial charge in [0, 0.05) is 32.3 Å². The van der Waals surface area contributed by atoms with Gasteiger partial charge in [-0.15, -0.1) is 0 Å². The zero-order valence-electron chi connectivity index (χ0n) is 11.0. The molecular weight excluding hydrogens is 240 g/mol. The number of ether oxygens (including phenoxy) is 1. The van der Waals surface area contributed by atoms with Gasteiger partial charge in [0.2, 0.25) is 0 Å². The van der Waals surface area contributed by atoms with Crippen LogP contribution >= 0.6 is 0 Å². The minimum absolute atomic E-state index is 0.210. The molecule has 0 aromatic rings. The summed E-state index contributed by atoms with van der Waals surface area (Å²) >= 11 is 0. The van der Waals surface area contributed by atoms with Crippen molar-refractivity contribution in [3.63, 3.8) is 0 Å². The van der Waals surface area contributed by atoms with Crippen molar-refractivity contribution in [2.75, 3.05) is 26.4 Å². The smallest absolute Gasteiger partial charge is 0.393 e. The highest BCUT2D eigenvalue weighted by Gasteiger charge is 2.43. The van der Waals surface area contributed by atoms with Crippen LogP contribution in [-0.4, -0.2) is 52.5 Å². The molecule has 0 radical (unpaired) electrons. The molecule has 0 aromatic carbocycles. The molecule has 1 aliphatic heterocycles. The van der Waals surface area contributed by atoms with Gasteiger partial charge in [-0.3, -0.25) is 0 Å². The number of aliphatic hydroxyl groups is 1. The predicted octanol–water partition coefficient (Wildman–Crippen LogP) is 1.18. The Bertz CT molecular complexity index is 193. The van der Waals surface area contributed by atoms with Gasteiger partial charge in [0.05, 0.1) is 18.8 Å². The van der Waals surface area contributed by atoms with Crippen LogP contribution in [0.2, 0.25) is 6.04 Å². The maximum atomic E-state index is 9.99. The quantitative estimate of drug-likeness (QED) is 0.474. The molecule has 1 fully saturated rings. The van der Waals surface area contributed by atoms with Gasteiger partial charge in [-0.2, -0.15) is 0 Å². The molecule has 102 valence electrons. The Labute approximate surface area is 104 Å². The average Bonchev–Trinajstić information content (AvgIpc) is 3.02. The van der Waals surface area contributed by atoms with E-state index in [9.17, 15) is 5.11 Å². The van der Waals surface area contributed by atoms with Crippen molar-refractivity contribution in [1.29, 1.82) is 0 Å². The third kappa shape index (κ3) is 5.46. The Morgan fingerprint density at radius 3 is 2.00 bits per heavy atom. The van der Waals surface area contributed by atoms with E-state index in [2.05, 4.69) is 0 Å². The lowest BCUT2D eigenvalue weighted by molar-refractivity contribution is 0.0533. The molecule has 5 nitrogen and oxygen atoms in total. The Balaban J connectivity index is 2.50. The van der Waals surface area contributed by atoms with Crippen LogP contribution < -0.4 is 0 Å². The lowest BCUT2D eigenvalue weighted by Crippen LogP contribution is -2.48. The lowest BCUT2D eigenvalue weighted by atomic mass is 10.2. The molecule has 2 atom stereocenters. The summed E-state index contributed by atoms with van der Waals surface area (Å²) in [6, 6.07) is 0.447. The van der Waals surface area contributed by atoms with Crippen LogP contribution in [0, 0.1) is 0 Å². The molecule has 1 N–H and O–H groups in total. The summed E-state index contributed by atoms with van der Waals surface area (Å²) in [5.41, 5.74) is 0. The molecule has 1 saturated heterocycles. The predicted molar refractivity (Wildman–Crippen MR) is 65.8 cm³/mol. The first-order valence-corrected chi connectivity index (χ1v) is 8.30. The van der Waals surface area contributed by atoms with Crippen LogP contribution in [-0.2, 0) is 18.0 Å². The lowest BCUT2D eigenvalue weighted by Gasteiger charge is -2.30. The zero-order chi connectivity index (χ0) is 12.7. The Morgan fingerprint density at radius 2 is 1.65 bits per heavy atom. The summed E-state index contributed by atoms with van der Waals surface area (Å²) in [7, 11) is -2.70. The molecule has 6 heteroatoms. The molecule has 0 saturated carbocycles. The maximum absolute atomic E-state index is 9.99. The third-order valence-electron chi connectivity index (χ3n) is 2.52. The van der Waals surface area contributed by atoms with Crippen LogP contribution in [0.3, 0.4) is 0 Å². The number of rotatable bonds is 10. The summed E-state index contributed by atoms with van der Waals surface area (Å²) in [6.45, 7) is 8.11. The van der Waals surface area contributed by atoms with Crippen molar-refractivity contribution in [3.8, 4) is 0 Å². The van der Waals surface area contributed by atoms with E-state index in [0.29, 0.717) is 32.3 Å². The van der Waals surface area contributed by atoms with Crippen LogP contribution in [0.25, 0.3) is 0 Å². The summed E-state index contributed by atoms with van der Waals surface area (Å²) in [6.07, 6.45) is 0.377. The molecule has 0 spiro atoms. The first-order chi connectivity index (χ1) is 8.15. The molecular formula is C11H24O5Si. The summed E-state index contributed by atoms with van der Waals surface area (Å²) in [5, 5.41) is 9.99. The second-order valence-corrected chi connectivity index (χ2v) is 6.67. The number of aliphatic hydroxyl groups excluding tert-OH is 1. The molecule has 17 heavy (non-hydrogen) atoms. The molecule has 1 rings (SSSR count). The second-order valence-electron chi connectivity index (χ2n) is 4.03. The van der Waals surface area contributed by atoms with E-state index in [-0.39, 0.29) is 6.10 Å². The average molecular weight is 264 g/mol. The topological polar surface area (TPSA) is 60.5 Å². The fraction of sp³-hybridized carbons (Fsp3) is 1.00. The molecule has 0 bridgehead atoms. The Morgan fingerprint density at radius 1 is 1.18 bits per heavy atom. The van der Waals surface area contributed by atoms with E-state index in [0.717, 1.165) is 6.61 Å². The number of hydrogen-bond donors (Lipinski definition) is 1. The Hall–Kier alpha value is 0.0169. The van der Waals surface area contributed by atoms with Crippen molar-refractivity contribution in [1.82, 2.24) is 0 Å². The van der Waals surface area contributed by atoms with E-state index < -0.39 is 14.9 Å². The minimum atomic E-state index is -2.70. The standard InChI is InChI=1S/C11H24O5Si/c1-4-14-17(15-5-2,16-6-3)9-10(12)7-11-8-13-11/h10-12H,4-9H2,1-3H3. The van der Waals surface area contributed by atoms with E-state index in [1.54, 1.807) is 0 Å². The highest BCUT2D eigenvalue weighted by molar-refractivity contribution is 6.60. The van der Waals surface area contributed by atoms with E-state index in [1.807, 2.05) is 20.8 Å². The first kappa shape index (κ1) is 15.1. The largest absolute Gasteiger partial charge is 0.503 e. The van der Waals surface area contributed by atoms with Crippen molar-refractivity contribution >= 4 is 8.80 Å². The van der Waals surface area contributed by atoms with Crippen molar-refractivity contribution in [2.45, 2.75) is 45.4 Å². The van der Waals surface area contributed by atoms with E-state index in [1.165, 1.54) is 0 Å². The third-order valence-corrected chi connectivity index (χ3v) is 5.67. The Kier molecular flexibility index (Phi) is 6.61. The van der Waals surface area contributed by atoms with Crippen molar-refractivity contribution in [2.24, 2.45) is 0 Å². The van der Waals surface area contributed by atoms with Gasteiger partial charge < -0.3 is 23.1 Å². The maximum Gasteiger partial charge on any atom is 0.503 e. The van der Waals surface area contributed by atoms with Crippen LogP contribution in [0.15, 0.2) is 0 Å². The van der Waals surface area contributed by atoms with Crippen molar-refractivity contribution < 1.29 is 23.1 Å². The summed E-state index contributed by atoms with van der Waals surface area (Å²) in [5.74, 6) is 0. The highest BCUT2D eigenvalue weighted by Crippen LogP contribution is 2.24. The molecule has 0 aliphatic carbocycles. The summed E-state index contributed by atoms with van der Waals surface area (Å²) < 4.78 is 22.1. The van der Waals surface area contributed by atoms with E-state index >= 15 is 0 Å². The molecule has 2 unspecified atom stereocenters. The monoisotopic (exact) mass is 264 g/mol. The van der Waals surface area contributed by atoms with E-state index in [4.69, 9.17) is 18.0 Å². The van der Waals surface area contributed by atoms with Gasteiger partial charge in [-0.25, -0.2) is 0 Å². The first-order valence-electron chi connectivity index (χ1n) is 6.37. The van der Waals surface area contributed by atoms with Gasteiger partial charge >= 0.3 is 8.80 Å². The van der Waals surface area contributed by atoms with Gasteiger partial charge in [0.1, 0.15) is 0 Å². The van der Waals surface area contributed by atoms with Gasteiger partial charge in [-0.1, -0.05) is 0 Å². The molecule has 1 aliphatic rings. The molecule has 1 heterocycles. The van der Waals surface area contributed by atoms with Crippen LogP contribution in [0.4, 0.5) is 0 Å². The zero-order valence-corrected chi connectivity index (χ0v) is 12.0. The molecule has 0 aromatic heterocycles. The summed E-state index contributed by atoms with van der Waals surface area (Å²) in [4.78, 5) is 0. The van der Waals surface area contributed by atoms with Crippen molar-refractivity contribution in [3.05, 3.63) is 0 Å². The SMILES string of the molecule is CCO[Si](CC(O)CC1CO1)(OCC)OCC. The van der Waals surface area contributed by atoms with Crippen LogP contribution in [0.1, 0.15) is 27.2 Å². The second kappa shape index (κ2) is 7.45.